The van der Waals surface area contributed by atoms with E-state index in [1.54, 1.807) is 54.7 Å². The first-order chi connectivity index (χ1) is 20.3. The summed E-state index contributed by atoms with van der Waals surface area (Å²) in [4.78, 5) is 35.7. The molecule has 6 rings (SSSR count). The quantitative estimate of drug-likeness (QED) is 0.210. The molecule has 11 heteroatoms. The second-order valence-electron chi connectivity index (χ2n) is 9.60. The van der Waals surface area contributed by atoms with Crippen molar-refractivity contribution < 1.29 is 18.4 Å². The lowest BCUT2D eigenvalue weighted by atomic mass is 10.0. The number of hydrogen-bond acceptors (Lipinski definition) is 6. The Morgan fingerprint density at radius 3 is 2.45 bits per heavy atom. The molecule has 42 heavy (non-hydrogen) atoms. The molecule has 0 bridgehead atoms. The smallest absolute Gasteiger partial charge is 0.280 e. The van der Waals surface area contributed by atoms with Gasteiger partial charge in [-0.15, -0.1) is 11.3 Å². The van der Waals surface area contributed by atoms with Crippen molar-refractivity contribution in [3.63, 3.8) is 0 Å². The minimum Gasteiger partial charge on any atom is -0.365 e. The average molecular weight is 583 g/mol. The molecule has 210 valence electrons. The molecule has 0 saturated carbocycles. The van der Waals surface area contributed by atoms with Crippen molar-refractivity contribution in [2.45, 2.75) is 26.8 Å². The van der Waals surface area contributed by atoms with E-state index in [0.717, 1.165) is 22.6 Å². The van der Waals surface area contributed by atoms with E-state index in [2.05, 4.69) is 15.4 Å². The van der Waals surface area contributed by atoms with E-state index in [4.69, 9.17) is 10.7 Å². The van der Waals surface area contributed by atoms with E-state index in [-0.39, 0.29) is 15.4 Å². The van der Waals surface area contributed by atoms with Crippen LogP contribution >= 0.6 is 11.3 Å². The van der Waals surface area contributed by atoms with Crippen LogP contribution in [0.5, 0.6) is 0 Å². The van der Waals surface area contributed by atoms with E-state index >= 15 is 0 Å². The molecule has 0 aliphatic rings. The van der Waals surface area contributed by atoms with Crippen LogP contribution in [0.3, 0.4) is 0 Å². The highest BCUT2D eigenvalue weighted by atomic mass is 32.1. The number of thiophene rings is 1. The minimum atomic E-state index is -2.84. The number of carbonyl (C=O) groups is 2. The number of aryl methyl sites for hydroxylation is 1. The third-order valence-electron chi connectivity index (χ3n) is 7.09. The lowest BCUT2D eigenvalue weighted by Crippen LogP contribution is -2.17. The average Bonchev–Trinajstić information content (AvgIpc) is 3.56. The number of carbonyl (C=O) groups excluding carboxylic acids is 2. The number of anilines is 1. The molecule has 6 aromatic rings. The van der Waals surface area contributed by atoms with Crippen molar-refractivity contribution in [1.82, 2.24) is 19.7 Å². The molecular weight excluding hydrogens is 558 g/mol. The van der Waals surface area contributed by atoms with Gasteiger partial charge in [-0.05, 0) is 43.2 Å². The molecule has 3 N–H and O–H groups in total. The topological polar surface area (TPSA) is 116 Å². The molecule has 0 fully saturated rings. The number of amides is 2. The first-order valence-electron chi connectivity index (χ1n) is 13.1. The number of nitrogens with two attached hydrogens (primary N) is 1. The summed E-state index contributed by atoms with van der Waals surface area (Å²) < 4.78 is 29.5. The van der Waals surface area contributed by atoms with Crippen molar-refractivity contribution in [2.75, 3.05) is 5.32 Å². The van der Waals surface area contributed by atoms with Gasteiger partial charge in [0.05, 0.1) is 28.7 Å². The van der Waals surface area contributed by atoms with E-state index in [9.17, 15) is 18.4 Å². The number of benzene rings is 2. The maximum Gasteiger partial charge on any atom is 0.280 e. The molecule has 0 radical (unpaired) electrons. The lowest BCUT2D eigenvalue weighted by Gasteiger charge is -2.13. The molecule has 0 saturated heterocycles. The van der Waals surface area contributed by atoms with Crippen molar-refractivity contribution in [3.8, 4) is 22.4 Å². The second kappa shape index (κ2) is 10.7. The molecule has 0 atom stereocenters. The number of halogens is 2. The Bertz CT molecular complexity index is 2000. The molecule has 0 aliphatic heterocycles. The largest absolute Gasteiger partial charge is 0.365 e. The molecule has 4 heterocycles. The van der Waals surface area contributed by atoms with Gasteiger partial charge in [0.2, 0.25) is 0 Å². The zero-order valence-corrected chi connectivity index (χ0v) is 23.4. The Morgan fingerprint density at radius 2 is 1.76 bits per heavy atom. The van der Waals surface area contributed by atoms with Crippen LogP contribution in [0.2, 0.25) is 0 Å². The van der Waals surface area contributed by atoms with Gasteiger partial charge in [0.1, 0.15) is 15.4 Å². The highest BCUT2D eigenvalue weighted by Crippen LogP contribution is 2.43. The third kappa shape index (κ3) is 4.67. The van der Waals surface area contributed by atoms with Crippen LogP contribution < -0.4 is 11.1 Å². The van der Waals surface area contributed by atoms with Crippen molar-refractivity contribution in [1.29, 1.82) is 0 Å². The number of fused-ring (bicyclic) bond motifs is 2. The number of rotatable bonds is 7. The Kier molecular flexibility index (Phi) is 6.95. The summed E-state index contributed by atoms with van der Waals surface area (Å²) in [5.74, 6) is -1.33. The normalized spacial score (nSPS) is 11.5. The highest BCUT2D eigenvalue weighted by Gasteiger charge is 2.26. The molecule has 4 aromatic heterocycles. The number of alkyl halides is 2. The van der Waals surface area contributed by atoms with Crippen LogP contribution in [0.15, 0.2) is 72.9 Å². The highest BCUT2D eigenvalue weighted by molar-refractivity contribution is 7.21. The van der Waals surface area contributed by atoms with Crippen LogP contribution in [0, 0.1) is 6.92 Å². The zero-order chi connectivity index (χ0) is 29.5. The Hall–Kier alpha value is -5.03. The van der Waals surface area contributed by atoms with E-state index in [1.165, 1.54) is 6.07 Å². The fourth-order valence-corrected chi connectivity index (χ4v) is 6.08. The van der Waals surface area contributed by atoms with Crippen molar-refractivity contribution >= 4 is 50.0 Å². The van der Waals surface area contributed by atoms with Gasteiger partial charge in [-0.25, -0.2) is 18.7 Å². The van der Waals surface area contributed by atoms with Crippen LogP contribution in [0.1, 0.15) is 44.8 Å². The molecule has 0 spiro atoms. The predicted octanol–water partition coefficient (Wildman–Crippen LogP) is 6.99. The van der Waals surface area contributed by atoms with Gasteiger partial charge < -0.3 is 11.1 Å². The first kappa shape index (κ1) is 27.2. The fourth-order valence-electron chi connectivity index (χ4n) is 5.07. The number of aromatic nitrogens is 4. The van der Waals surface area contributed by atoms with Gasteiger partial charge in [0.25, 0.3) is 18.2 Å². The van der Waals surface area contributed by atoms with E-state index in [0.29, 0.717) is 45.2 Å². The number of nitrogens with zero attached hydrogens (tertiary/aromatic N) is 4. The Labute approximate surface area is 242 Å². The standard InChI is InChI=1S/C31H24F2N6O2S/c1-3-39-16(2)21(15-35-39)23-14-20(18-11-7-8-12-22(18)36-23)30(41)38-26-25-19(17-9-5-4-6-10-17)13-24(28(32)33)37-31(25)42-27(26)29(34)40/h4-15,28H,3H2,1-2H3,(H2,34,40)(H,38,41). The second-order valence-corrected chi connectivity index (χ2v) is 10.6. The summed E-state index contributed by atoms with van der Waals surface area (Å²) in [7, 11) is 0. The van der Waals surface area contributed by atoms with Crippen molar-refractivity contribution in [3.05, 3.63) is 94.8 Å². The summed E-state index contributed by atoms with van der Waals surface area (Å²) in [6, 6.07) is 19.1. The summed E-state index contributed by atoms with van der Waals surface area (Å²) in [5, 5.41) is 8.26. The predicted molar refractivity (Wildman–Crippen MR) is 160 cm³/mol. The Morgan fingerprint density at radius 1 is 1.02 bits per heavy atom. The molecular formula is C31H24F2N6O2S. The van der Waals surface area contributed by atoms with E-state index in [1.807, 2.05) is 30.7 Å². The molecule has 2 amide bonds. The number of nitrogens with one attached hydrogen (secondary N) is 1. The lowest BCUT2D eigenvalue weighted by molar-refractivity contribution is 0.100. The van der Waals surface area contributed by atoms with Crippen molar-refractivity contribution in [2.24, 2.45) is 5.73 Å². The maximum atomic E-state index is 14.0. The summed E-state index contributed by atoms with van der Waals surface area (Å²) in [6.07, 6.45) is -1.12. The number of para-hydroxylation sites is 1. The summed E-state index contributed by atoms with van der Waals surface area (Å²) in [5.41, 5.74) is 9.59. The van der Waals surface area contributed by atoms with Gasteiger partial charge in [-0.1, -0.05) is 48.5 Å². The fraction of sp³-hybridized carbons (Fsp3) is 0.129. The molecule has 0 aliphatic carbocycles. The monoisotopic (exact) mass is 582 g/mol. The van der Waals surface area contributed by atoms with Gasteiger partial charge >= 0.3 is 0 Å². The third-order valence-corrected chi connectivity index (χ3v) is 8.19. The van der Waals surface area contributed by atoms with Crippen LogP contribution in [0.4, 0.5) is 14.5 Å². The van der Waals surface area contributed by atoms with Crippen LogP contribution in [0.25, 0.3) is 43.5 Å². The molecule has 8 nitrogen and oxygen atoms in total. The maximum absolute atomic E-state index is 14.0. The zero-order valence-electron chi connectivity index (χ0n) is 22.6. The van der Waals surface area contributed by atoms with Gasteiger partial charge in [-0.2, -0.15) is 5.10 Å². The van der Waals surface area contributed by atoms with Gasteiger partial charge in [-0.3, -0.25) is 14.3 Å². The Balaban J connectivity index is 1.55. The van der Waals surface area contributed by atoms with Gasteiger partial charge in [0, 0.05) is 28.6 Å². The van der Waals surface area contributed by atoms with Gasteiger partial charge in [0.15, 0.2) is 0 Å². The summed E-state index contributed by atoms with van der Waals surface area (Å²) in [6.45, 7) is 4.60. The van der Waals surface area contributed by atoms with Crippen LogP contribution in [-0.4, -0.2) is 31.6 Å². The first-order valence-corrected chi connectivity index (χ1v) is 13.9. The number of pyridine rings is 2. The summed E-state index contributed by atoms with van der Waals surface area (Å²) >= 11 is 0.863. The van der Waals surface area contributed by atoms with E-state index < -0.39 is 23.9 Å². The molecule has 0 unspecified atom stereocenters. The number of primary amides is 1. The van der Waals surface area contributed by atoms with Crippen LogP contribution in [-0.2, 0) is 6.54 Å². The molecule has 2 aromatic carbocycles. The SMILES string of the molecule is CCn1ncc(-c2cc(C(=O)Nc3c(C(N)=O)sc4nc(C(F)F)cc(-c5ccccc5)c34)c3ccccc3n2)c1C. The number of hydrogen-bond donors (Lipinski definition) is 2. The minimum absolute atomic E-state index is 0.00750.